The number of nitrogens with two attached hydrogens (primary N) is 1. The highest BCUT2D eigenvalue weighted by Gasteiger charge is 2.27. The second kappa shape index (κ2) is 5.42. The third-order valence-electron chi connectivity index (χ3n) is 2.92. The zero-order valence-electron chi connectivity index (χ0n) is 10.4. The summed E-state index contributed by atoms with van der Waals surface area (Å²) in [6.07, 6.45) is 0.657. The van der Waals surface area contributed by atoms with Gasteiger partial charge >= 0.3 is 0 Å². The van der Waals surface area contributed by atoms with Gasteiger partial charge in [0.2, 0.25) is 10.0 Å². The minimum atomic E-state index is -3.77. The van der Waals surface area contributed by atoms with Crippen LogP contribution in [0.3, 0.4) is 0 Å². The fourth-order valence-corrected chi connectivity index (χ4v) is 3.35. The maximum Gasteiger partial charge on any atom is 0.244 e. The summed E-state index contributed by atoms with van der Waals surface area (Å²) in [6.45, 7) is 3.65. The largest absolute Gasteiger partial charge is 0.396 e. The molecule has 0 fully saturated rings. The molecule has 1 rings (SSSR count). The van der Waals surface area contributed by atoms with E-state index in [0.717, 1.165) is 12.1 Å². The van der Waals surface area contributed by atoms with E-state index in [1.807, 2.05) is 6.92 Å². The van der Waals surface area contributed by atoms with Crippen LogP contribution in [0, 0.1) is 5.82 Å². The van der Waals surface area contributed by atoms with Crippen molar-refractivity contribution in [2.75, 3.05) is 12.8 Å². The predicted molar refractivity (Wildman–Crippen MR) is 70.5 cm³/mol. The highest BCUT2D eigenvalue weighted by molar-refractivity contribution is 7.89. The van der Waals surface area contributed by atoms with Gasteiger partial charge in [-0.15, -0.1) is 0 Å². The zero-order valence-corrected chi connectivity index (χ0v) is 12.0. The first-order valence-corrected chi connectivity index (χ1v) is 7.26. The fourth-order valence-electron chi connectivity index (χ4n) is 1.39. The number of sulfonamides is 1. The van der Waals surface area contributed by atoms with Gasteiger partial charge in [-0.1, -0.05) is 18.5 Å². The van der Waals surface area contributed by atoms with Crippen molar-refractivity contribution < 1.29 is 12.8 Å². The Morgan fingerprint density at radius 1 is 1.50 bits per heavy atom. The summed E-state index contributed by atoms with van der Waals surface area (Å²) >= 11 is 5.78. The van der Waals surface area contributed by atoms with Gasteiger partial charge in [0.15, 0.2) is 0 Å². The van der Waals surface area contributed by atoms with Crippen molar-refractivity contribution in [1.82, 2.24) is 4.31 Å². The van der Waals surface area contributed by atoms with E-state index >= 15 is 0 Å². The molecular formula is C11H16ClFN2O2S. The Hall–Kier alpha value is -0.850. The SMILES string of the molecule is CCC(C)N(C)S(=O)(=O)c1cc(N)c(F)cc1Cl. The summed E-state index contributed by atoms with van der Waals surface area (Å²) in [7, 11) is -2.31. The second-order valence-corrected chi connectivity index (χ2v) is 6.46. The molecule has 102 valence electrons. The van der Waals surface area contributed by atoms with Gasteiger partial charge < -0.3 is 5.73 Å². The molecule has 0 aromatic heterocycles. The van der Waals surface area contributed by atoms with Gasteiger partial charge in [0, 0.05) is 13.1 Å². The van der Waals surface area contributed by atoms with Crippen molar-refractivity contribution in [1.29, 1.82) is 0 Å². The molecule has 1 unspecified atom stereocenters. The molecule has 0 aliphatic carbocycles. The third-order valence-corrected chi connectivity index (χ3v) is 5.36. The molecular weight excluding hydrogens is 279 g/mol. The quantitative estimate of drug-likeness (QED) is 0.868. The Bertz CT molecular complexity index is 548. The van der Waals surface area contributed by atoms with E-state index in [-0.39, 0.29) is 21.6 Å². The number of nitrogens with zero attached hydrogens (tertiary/aromatic N) is 1. The van der Waals surface area contributed by atoms with Crippen molar-refractivity contribution >= 4 is 27.3 Å². The summed E-state index contributed by atoms with van der Waals surface area (Å²) in [6, 6.07) is 1.78. The van der Waals surface area contributed by atoms with Crippen LogP contribution in [-0.2, 0) is 10.0 Å². The van der Waals surface area contributed by atoms with Crippen LogP contribution in [0.15, 0.2) is 17.0 Å². The monoisotopic (exact) mass is 294 g/mol. The van der Waals surface area contributed by atoms with Crippen LogP contribution >= 0.6 is 11.6 Å². The number of nitrogen functional groups attached to an aromatic ring is 1. The normalized spacial score (nSPS) is 13.9. The first kappa shape index (κ1) is 15.2. The Kier molecular flexibility index (Phi) is 4.58. The van der Waals surface area contributed by atoms with Gasteiger partial charge in [0.1, 0.15) is 10.7 Å². The minimum absolute atomic E-state index is 0.170. The van der Waals surface area contributed by atoms with Crippen molar-refractivity contribution in [3.8, 4) is 0 Å². The van der Waals surface area contributed by atoms with Crippen molar-refractivity contribution in [2.24, 2.45) is 0 Å². The number of benzene rings is 1. The number of anilines is 1. The van der Waals surface area contributed by atoms with Crippen LogP contribution in [0.5, 0.6) is 0 Å². The molecule has 0 saturated heterocycles. The highest BCUT2D eigenvalue weighted by atomic mass is 35.5. The van der Waals surface area contributed by atoms with E-state index in [1.165, 1.54) is 11.4 Å². The van der Waals surface area contributed by atoms with E-state index in [4.69, 9.17) is 17.3 Å². The van der Waals surface area contributed by atoms with Crippen molar-refractivity contribution in [2.45, 2.75) is 31.2 Å². The molecule has 1 atom stereocenters. The topological polar surface area (TPSA) is 63.4 Å². The fraction of sp³-hybridized carbons (Fsp3) is 0.455. The molecule has 2 N–H and O–H groups in total. The maximum absolute atomic E-state index is 13.2. The van der Waals surface area contributed by atoms with Crippen LogP contribution in [0.1, 0.15) is 20.3 Å². The Morgan fingerprint density at radius 3 is 2.56 bits per heavy atom. The summed E-state index contributed by atoms with van der Waals surface area (Å²) in [5.41, 5.74) is 5.14. The zero-order chi connectivity index (χ0) is 14.1. The van der Waals surface area contributed by atoms with Gasteiger partial charge in [-0.3, -0.25) is 0 Å². The van der Waals surface area contributed by atoms with E-state index in [9.17, 15) is 12.8 Å². The van der Waals surface area contributed by atoms with E-state index < -0.39 is 15.8 Å². The predicted octanol–water partition coefficient (Wildman–Crippen LogP) is 2.48. The lowest BCUT2D eigenvalue weighted by Crippen LogP contribution is -2.34. The Balaban J connectivity index is 3.33. The lowest BCUT2D eigenvalue weighted by Gasteiger charge is -2.23. The van der Waals surface area contributed by atoms with Crippen LogP contribution in [0.2, 0.25) is 5.02 Å². The lowest BCUT2D eigenvalue weighted by molar-refractivity contribution is 0.380. The molecule has 0 spiro atoms. The smallest absolute Gasteiger partial charge is 0.244 e. The van der Waals surface area contributed by atoms with Crippen molar-refractivity contribution in [3.63, 3.8) is 0 Å². The average molecular weight is 295 g/mol. The Morgan fingerprint density at radius 2 is 2.06 bits per heavy atom. The molecule has 0 radical (unpaired) electrons. The summed E-state index contributed by atoms with van der Waals surface area (Å²) in [5, 5.41) is -0.170. The minimum Gasteiger partial charge on any atom is -0.396 e. The van der Waals surface area contributed by atoms with Gasteiger partial charge in [-0.05, 0) is 25.5 Å². The third kappa shape index (κ3) is 2.76. The lowest BCUT2D eigenvalue weighted by atomic mass is 10.3. The van der Waals surface area contributed by atoms with Gasteiger partial charge in [0.05, 0.1) is 10.7 Å². The number of rotatable bonds is 4. The van der Waals surface area contributed by atoms with Gasteiger partial charge in [-0.25, -0.2) is 12.8 Å². The average Bonchev–Trinajstić information content (AvgIpc) is 2.31. The molecule has 4 nitrogen and oxygen atoms in total. The molecule has 0 bridgehead atoms. The van der Waals surface area contributed by atoms with Crippen LogP contribution < -0.4 is 5.73 Å². The molecule has 0 amide bonds. The number of halogens is 2. The van der Waals surface area contributed by atoms with E-state index in [2.05, 4.69) is 0 Å². The molecule has 0 heterocycles. The maximum atomic E-state index is 13.2. The summed E-state index contributed by atoms with van der Waals surface area (Å²) in [4.78, 5) is -0.175. The first-order valence-electron chi connectivity index (χ1n) is 5.44. The van der Waals surface area contributed by atoms with E-state index in [1.54, 1.807) is 6.92 Å². The molecule has 1 aromatic rings. The van der Waals surface area contributed by atoms with Crippen molar-refractivity contribution in [3.05, 3.63) is 23.0 Å². The molecule has 18 heavy (non-hydrogen) atoms. The standard InChI is InChI=1S/C11H16ClFN2O2S/c1-4-7(2)15(3)18(16,17)11-6-10(14)9(13)5-8(11)12/h5-7H,4,14H2,1-3H3. The second-order valence-electron chi connectivity index (χ2n) is 4.08. The van der Waals surface area contributed by atoms with Gasteiger partial charge in [-0.2, -0.15) is 4.31 Å². The van der Waals surface area contributed by atoms with Gasteiger partial charge in [0.25, 0.3) is 0 Å². The summed E-state index contributed by atoms with van der Waals surface area (Å²) < 4.78 is 38.9. The molecule has 7 heteroatoms. The summed E-state index contributed by atoms with van der Waals surface area (Å²) in [5.74, 6) is -0.731. The number of hydrogen-bond acceptors (Lipinski definition) is 3. The highest BCUT2D eigenvalue weighted by Crippen LogP contribution is 2.29. The molecule has 0 aliphatic heterocycles. The van der Waals surface area contributed by atoms with Crippen LogP contribution in [-0.4, -0.2) is 25.8 Å². The molecule has 0 saturated carbocycles. The Labute approximate surface area is 112 Å². The van der Waals surface area contributed by atoms with Crippen LogP contribution in [0.25, 0.3) is 0 Å². The molecule has 1 aromatic carbocycles. The molecule has 0 aliphatic rings. The van der Waals surface area contributed by atoms with Crippen LogP contribution in [0.4, 0.5) is 10.1 Å². The number of hydrogen-bond donors (Lipinski definition) is 1. The first-order chi connectivity index (χ1) is 8.21. The van der Waals surface area contributed by atoms with E-state index in [0.29, 0.717) is 6.42 Å².